The lowest BCUT2D eigenvalue weighted by atomic mass is 9.65. The second-order valence-corrected chi connectivity index (χ2v) is 6.61. The zero-order valence-electron chi connectivity index (χ0n) is 12.4. The van der Waals surface area contributed by atoms with E-state index in [0.29, 0.717) is 12.0 Å². The Hall–Kier alpha value is -0.860. The molecule has 1 aromatic carbocycles. The third-order valence-corrected chi connectivity index (χ3v) is 5.38. The Kier molecular flexibility index (Phi) is 4.42. The molecule has 2 N–H and O–H groups in total. The molecule has 3 rings (SSSR count). The molecular formula is C18H27NO. The van der Waals surface area contributed by atoms with Crippen molar-refractivity contribution in [3.05, 3.63) is 35.9 Å². The SMILES string of the molecule is O[C@]12CCCC[C@@H]1CCC[C@@H]2NCCc1ccccc1. The Balaban J connectivity index is 1.56. The minimum Gasteiger partial charge on any atom is -0.388 e. The van der Waals surface area contributed by atoms with E-state index >= 15 is 0 Å². The van der Waals surface area contributed by atoms with Crippen molar-refractivity contribution in [2.24, 2.45) is 5.92 Å². The third kappa shape index (κ3) is 2.91. The van der Waals surface area contributed by atoms with Crippen molar-refractivity contribution in [3.63, 3.8) is 0 Å². The van der Waals surface area contributed by atoms with Gasteiger partial charge in [-0.1, -0.05) is 49.6 Å². The van der Waals surface area contributed by atoms with Gasteiger partial charge < -0.3 is 10.4 Å². The van der Waals surface area contributed by atoms with E-state index in [2.05, 4.69) is 35.6 Å². The van der Waals surface area contributed by atoms with Crippen LogP contribution in [0, 0.1) is 5.92 Å². The lowest BCUT2D eigenvalue weighted by molar-refractivity contribution is -0.0983. The van der Waals surface area contributed by atoms with E-state index in [1.165, 1.54) is 37.7 Å². The molecule has 0 aliphatic heterocycles. The monoisotopic (exact) mass is 273 g/mol. The van der Waals surface area contributed by atoms with Gasteiger partial charge in [0.05, 0.1) is 5.60 Å². The summed E-state index contributed by atoms with van der Waals surface area (Å²) in [7, 11) is 0. The zero-order chi connectivity index (χ0) is 13.8. The van der Waals surface area contributed by atoms with Crippen LogP contribution in [-0.2, 0) is 6.42 Å². The first-order valence-electron chi connectivity index (χ1n) is 8.29. The molecule has 0 bridgehead atoms. The number of hydrogen-bond donors (Lipinski definition) is 2. The standard InChI is InChI=1S/C18H27NO/c20-18-13-5-4-9-16(18)10-6-11-17(18)19-14-12-15-7-2-1-3-8-15/h1-3,7-8,16-17,19-20H,4-6,9-14H2/t16-,17+,18-/m1/s1. The van der Waals surface area contributed by atoms with Crippen molar-refractivity contribution in [2.75, 3.05) is 6.54 Å². The van der Waals surface area contributed by atoms with Gasteiger partial charge in [-0.2, -0.15) is 0 Å². The number of hydrogen-bond acceptors (Lipinski definition) is 2. The van der Waals surface area contributed by atoms with Crippen LogP contribution < -0.4 is 5.32 Å². The molecule has 2 heteroatoms. The molecule has 0 spiro atoms. The highest BCUT2D eigenvalue weighted by Gasteiger charge is 2.46. The van der Waals surface area contributed by atoms with Crippen molar-refractivity contribution in [1.82, 2.24) is 5.32 Å². The van der Waals surface area contributed by atoms with E-state index in [4.69, 9.17) is 0 Å². The molecule has 110 valence electrons. The van der Waals surface area contributed by atoms with E-state index < -0.39 is 5.60 Å². The van der Waals surface area contributed by atoms with E-state index in [1.54, 1.807) is 0 Å². The lowest BCUT2D eigenvalue weighted by Crippen LogP contribution is -2.59. The van der Waals surface area contributed by atoms with Crippen LogP contribution >= 0.6 is 0 Å². The molecule has 0 radical (unpaired) electrons. The summed E-state index contributed by atoms with van der Waals surface area (Å²) >= 11 is 0. The van der Waals surface area contributed by atoms with Crippen LogP contribution in [0.15, 0.2) is 30.3 Å². The minimum absolute atomic E-state index is 0.310. The Morgan fingerprint density at radius 3 is 2.70 bits per heavy atom. The molecule has 2 aliphatic rings. The average Bonchev–Trinajstić information content (AvgIpc) is 2.49. The van der Waals surface area contributed by atoms with Crippen LogP contribution in [0.1, 0.15) is 50.5 Å². The normalized spacial score (nSPS) is 33.6. The number of fused-ring (bicyclic) bond motifs is 1. The summed E-state index contributed by atoms with van der Waals surface area (Å²) < 4.78 is 0. The van der Waals surface area contributed by atoms with Gasteiger partial charge >= 0.3 is 0 Å². The predicted octanol–water partition coefficient (Wildman–Crippen LogP) is 3.29. The molecule has 0 unspecified atom stereocenters. The Morgan fingerprint density at radius 1 is 1.05 bits per heavy atom. The van der Waals surface area contributed by atoms with Gasteiger partial charge in [-0.05, 0) is 50.1 Å². The van der Waals surface area contributed by atoms with Crippen LogP contribution in [0.3, 0.4) is 0 Å². The summed E-state index contributed by atoms with van der Waals surface area (Å²) in [5.74, 6) is 0.541. The van der Waals surface area contributed by atoms with Crippen molar-refractivity contribution >= 4 is 0 Å². The van der Waals surface area contributed by atoms with Crippen molar-refractivity contribution in [3.8, 4) is 0 Å². The van der Waals surface area contributed by atoms with E-state index in [9.17, 15) is 5.11 Å². The molecule has 0 heterocycles. The first-order chi connectivity index (χ1) is 9.79. The van der Waals surface area contributed by atoms with Crippen molar-refractivity contribution < 1.29 is 5.11 Å². The van der Waals surface area contributed by atoms with Gasteiger partial charge in [0.15, 0.2) is 0 Å². The van der Waals surface area contributed by atoms with E-state index in [1.807, 2.05) is 0 Å². The van der Waals surface area contributed by atoms with Crippen molar-refractivity contribution in [1.29, 1.82) is 0 Å². The summed E-state index contributed by atoms with van der Waals surface area (Å²) in [5.41, 5.74) is 0.954. The quantitative estimate of drug-likeness (QED) is 0.882. The Morgan fingerprint density at radius 2 is 1.85 bits per heavy atom. The second kappa shape index (κ2) is 6.28. The number of nitrogens with one attached hydrogen (secondary N) is 1. The van der Waals surface area contributed by atoms with Gasteiger partial charge in [-0.15, -0.1) is 0 Å². The minimum atomic E-state index is -0.423. The van der Waals surface area contributed by atoms with Gasteiger partial charge in [0.2, 0.25) is 0 Å². The van der Waals surface area contributed by atoms with Gasteiger partial charge in [0.25, 0.3) is 0 Å². The molecule has 2 aliphatic carbocycles. The summed E-state index contributed by atoms with van der Waals surface area (Å²) in [6, 6.07) is 10.9. The Bertz CT molecular complexity index is 417. The molecule has 3 atom stereocenters. The fourth-order valence-electron chi connectivity index (χ4n) is 4.24. The molecule has 0 amide bonds. The maximum atomic E-state index is 11.1. The fraction of sp³-hybridized carbons (Fsp3) is 0.667. The highest BCUT2D eigenvalue weighted by atomic mass is 16.3. The van der Waals surface area contributed by atoms with Crippen LogP contribution in [0.2, 0.25) is 0 Å². The molecule has 0 saturated heterocycles. The molecular weight excluding hydrogens is 246 g/mol. The van der Waals surface area contributed by atoms with Gasteiger partial charge in [-0.25, -0.2) is 0 Å². The maximum absolute atomic E-state index is 11.1. The topological polar surface area (TPSA) is 32.3 Å². The smallest absolute Gasteiger partial charge is 0.0827 e. The third-order valence-electron chi connectivity index (χ3n) is 5.38. The first-order valence-corrected chi connectivity index (χ1v) is 8.29. The predicted molar refractivity (Wildman–Crippen MR) is 82.7 cm³/mol. The van der Waals surface area contributed by atoms with Crippen molar-refractivity contribution in [2.45, 2.75) is 63.0 Å². The summed E-state index contributed by atoms with van der Waals surface area (Å²) in [5, 5.41) is 14.7. The first kappa shape index (κ1) is 14.1. The molecule has 1 aromatic rings. The average molecular weight is 273 g/mol. The van der Waals surface area contributed by atoms with Gasteiger partial charge in [0.1, 0.15) is 0 Å². The van der Waals surface area contributed by atoms with Crippen LogP contribution in [0.4, 0.5) is 0 Å². The molecule has 2 fully saturated rings. The highest BCUT2D eigenvalue weighted by Crippen LogP contribution is 2.43. The number of rotatable bonds is 4. The highest BCUT2D eigenvalue weighted by molar-refractivity contribution is 5.15. The van der Waals surface area contributed by atoms with E-state index in [0.717, 1.165) is 25.8 Å². The number of benzene rings is 1. The zero-order valence-corrected chi connectivity index (χ0v) is 12.4. The summed E-state index contributed by atoms with van der Waals surface area (Å²) in [6.45, 7) is 0.976. The van der Waals surface area contributed by atoms with Crippen LogP contribution in [-0.4, -0.2) is 23.3 Å². The molecule has 20 heavy (non-hydrogen) atoms. The van der Waals surface area contributed by atoms with Crippen LogP contribution in [0.25, 0.3) is 0 Å². The summed E-state index contributed by atoms with van der Waals surface area (Å²) in [6.07, 6.45) is 9.44. The molecule has 2 saturated carbocycles. The fourth-order valence-corrected chi connectivity index (χ4v) is 4.24. The van der Waals surface area contributed by atoms with Gasteiger partial charge in [-0.3, -0.25) is 0 Å². The Labute approximate surface area is 122 Å². The largest absolute Gasteiger partial charge is 0.388 e. The second-order valence-electron chi connectivity index (χ2n) is 6.61. The maximum Gasteiger partial charge on any atom is 0.0827 e. The molecule has 0 aromatic heterocycles. The molecule has 2 nitrogen and oxygen atoms in total. The lowest BCUT2D eigenvalue weighted by Gasteiger charge is -2.49. The van der Waals surface area contributed by atoms with E-state index in [-0.39, 0.29) is 0 Å². The van der Waals surface area contributed by atoms with Crippen LogP contribution in [0.5, 0.6) is 0 Å². The number of aliphatic hydroxyl groups is 1. The summed E-state index contributed by atoms with van der Waals surface area (Å²) in [4.78, 5) is 0. The van der Waals surface area contributed by atoms with Gasteiger partial charge in [0, 0.05) is 6.04 Å².